The number of hydrogen-bond donors (Lipinski definition) is 1. The van der Waals surface area contributed by atoms with E-state index in [1.54, 1.807) is 6.07 Å². The van der Waals surface area contributed by atoms with Gasteiger partial charge < -0.3 is 19.7 Å². The van der Waals surface area contributed by atoms with E-state index in [4.69, 9.17) is 9.47 Å². The van der Waals surface area contributed by atoms with Gasteiger partial charge in [-0.05, 0) is 38.5 Å². The molecule has 0 saturated carbocycles. The summed E-state index contributed by atoms with van der Waals surface area (Å²) in [5, 5.41) is 2.82. The van der Waals surface area contributed by atoms with Gasteiger partial charge in [0.15, 0.2) is 11.5 Å². The Labute approximate surface area is 212 Å². The second-order valence-corrected chi connectivity index (χ2v) is 10.3. The minimum absolute atomic E-state index is 0.135. The molecule has 9 nitrogen and oxygen atoms in total. The summed E-state index contributed by atoms with van der Waals surface area (Å²) in [5.41, 5.74) is 0.372. The monoisotopic (exact) mass is 523 g/mol. The molecule has 2 atom stereocenters. The molecule has 0 bridgehead atoms. The molecule has 0 fully saturated rings. The van der Waals surface area contributed by atoms with Crippen molar-refractivity contribution in [2.45, 2.75) is 45.8 Å². The zero-order chi connectivity index (χ0) is 27.0. The minimum Gasteiger partial charge on any atom is -0.493 e. The van der Waals surface area contributed by atoms with Crippen LogP contribution in [0.3, 0.4) is 0 Å². The molecule has 0 radical (unpaired) electrons. The van der Waals surface area contributed by atoms with Crippen LogP contribution in [-0.4, -0.2) is 64.2 Å². The number of nitrogens with zero attached hydrogens (tertiary/aromatic N) is 2. The number of anilines is 1. The average Bonchev–Trinajstić information content (AvgIpc) is 2.84. The van der Waals surface area contributed by atoms with Crippen molar-refractivity contribution in [1.82, 2.24) is 10.2 Å². The number of benzene rings is 2. The predicted octanol–water partition coefficient (Wildman–Crippen LogP) is 2.94. The minimum atomic E-state index is -3.93. The lowest BCUT2D eigenvalue weighted by Crippen LogP contribution is -2.52. The lowest BCUT2D eigenvalue weighted by Gasteiger charge is -2.32. The first kappa shape index (κ1) is 28.9. The van der Waals surface area contributed by atoms with Crippen LogP contribution in [-0.2, 0) is 26.2 Å². The first-order valence-electron chi connectivity index (χ1n) is 11.5. The molecule has 2 rings (SSSR count). The van der Waals surface area contributed by atoms with Crippen molar-refractivity contribution in [2.75, 3.05) is 31.3 Å². The number of rotatable bonds is 12. The number of ether oxygens (including phenoxy) is 2. The Morgan fingerprint density at radius 3 is 2.25 bits per heavy atom. The van der Waals surface area contributed by atoms with E-state index in [1.165, 1.54) is 62.4 Å². The molecule has 0 unspecified atom stereocenters. The number of nitrogens with one attached hydrogen (secondary N) is 1. The molecule has 36 heavy (non-hydrogen) atoms. The predicted molar refractivity (Wildman–Crippen MR) is 136 cm³/mol. The van der Waals surface area contributed by atoms with Gasteiger partial charge >= 0.3 is 0 Å². The normalized spacial score (nSPS) is 12.9. The molecule has 0 aromatic heterocycles. The highest BCUT2D eigenvalue weighted by molar-refractivity contribution is 7.92. The van der Waals surface area contributed by atoms with E-state index in [1.807, 2.05) is 13.8 Å². The van der Waals surface area contributed by atoms with Crippen molar-refractivity contribution in [3.8, 4) is 11.5 Å². The topological polar surface area (TPSA) is 105 Å². The van der Waals surface area contributed by atoms with Gasteiger partial charge in [0, 0.05) is 24.2 Å². The number of carbonyl (C=O) groups excluding carboxylic acids is 2. The summed E-state index contributed by atoms with van der Waals surface area (Å²) < 4.78 is 51.2. The summed E-state index contributed by atoms with van der Waals surface area (Å²) in [6.45, 7) is 4.44. The molecule has 2 amide bonds. The lowest BCUT2D eigenvalue weighted by molar-refractivity contribution is -0.139. The largest absolute Gasteiger partial charge is 0.493 e. The van der Waals surface area contributed by atoms with Crippen LogP contribution in [0.2, 0.25) is 0 Å². The zero-order valence-corrected chi connectivity index (χ0v) is 22.3. The van der Waals surface area contributed by atoms with Crippen LogP contribution in [0.1, 0.15) is 32.8 Å². The van der Waals surface area contributed by atoms with E-state index < -0.39 is 40.2 Å². The second-order valence-electron chi connectivity index (χ2n) is 8.42. The van der Waals surface area contributed by atoms with Gasteiger partial charge in [-0.2, -0.15) is 0 Å². The first-order chi connectivity index (χ1) is 16.9. The third-order valence-electron chi connectivity index (χ3n) is 5.80. The van der Waals surface area contributed by atoms with Gasteiger partial charge in [-0.3, -0.25) is 13.9 Å². The van der Waals surface area contributed by atoms with Crippen molar-refractivity contribution >= 4 is 27.5 Å². The average molecular weight is 524 g/mol. The molecule has 0 aliphatic carbocycles. The Morgan fingerprint density at radius 2 is 1.69 bits per heavy atom. The van der Waals surface area contributed by atoms with Gasteiger partial charge in [0.1, 0.15) is 18.4 Å². The number of sulfonamides is 1. The summed E-state index contributed by atoms with van der Waals surface area (Å²) in [6, 6.07) is 9.23. The Hall–Kier alpha value is -3.34. The molecule has 11 heteroatoms. The Morgan fingerprint density at radius 1 is 1.06 bits per heavy atom. The van der Waals surface area contributed by atoms with Gasteiger partial charge in [-0.15, -0.1) is 0 Å². The number of hydrogen-bond acceptors (Lipinski definition) is 6. The molecular weight excluding hydrogens is 489 g/mol. The Bertz CT molecular complexity index is 1170. The maximum absolute atomic E-state index is 14.4. The molecular formula is C25H34FN3O6S. The smallest absolute Gasteiger partial charge is 0.244 e. The summed E-state index contributed by atoms with van der Waals surface area (Å²) in [4.78, 5) is 27.6. The molecule has 0 spiro atoms. The molecule has 198 valence electrons. The number of methoxy groups -OCH3 is 2. The van der Waals surface area contributed by atoms with Crippen LogP contribution in [0.15, 0.2) is 42.5 Å². The summed E-state index contributed by atoms with van der Waals surface area (Å²) in [5.74, 6) is -0.973. The van der Waals surface area contributed by atoms with E-state index in [9.17, 15) is 22.4 Å². The standard InChI is InChI=1S/C25H34FN3O6S/c1-7-17(2)27-25(31)18(3)28(15-19-10-8-9-11-21(19)26)24(30)16-29(36(6,32)33)20-12-13-22(34-4)23(14-20)35-5/h8-14,17-18H,7,15-16H2,1-6H3,(H,27,31)/t17-,18+/m1/s1. The summed E-state index contributed by atoms with van der Waals surface area (Å²) in [6.07, 6.45) is 1.65. The van der Waals surface area contributed by atoms with Crippen LogP contribution in [0, 0.1) is 5.82 Å². The quantitative estimate of drug-likeness (QED) is 0.459. The summed E-state index contributed by atoms with van der Waals surface area (Å²) >= 11 is 0. The molecule has 2 aromatic carbocycles. The maximum atomic E-state index is 14.4. The highest BCUT2D eigenvalue weighted by Gasteiger charge is 2.31. The van der Waals surface area contributed by atoms with E-state index in [0.717, 1.165) is 10.6 Å². The second kappa shape index (κ2) is 12.6. The van der Waals surface area contributed by atoms with E-state index in [-0.39, 0.29) is 29.6 Å². The maximum Gasteiger partial charge on any atom is 0.244 e. The van der Waals surface area contributed by atoms with E-state index in [0.29, 0.717) is 12.2 Å². The number of carbonyl (C=O) groups is 2. The number of halogens is 1. The van der Waals surface area contributed by atoms with Crippen LogP contribution in [0.5, 0.6) is 11.5 Å². The van der Waals surface area contributed by atoms with Crippen LogP contribution in [0.4, 0.5) is 10.1 Å². The van der Waals surface area contributed by atoms with Crippen molar-refractivity contribution in [1.29, 1.82) is 0 Å². The highest BCUT2D eigenvalue weighted by atomic mass is 32.2. The fourth-order valence-corrected chi connectivity index (χ4v) is 4.29. The van der Waals surface area contributed by atoms with Gasteiger partial charge in [0.2, 0.25) is 21.8 Å². The number of amides is 2. The highest BCUT2D eigenvalue weighted by Crippen LogP contribution is 2.32. The van der Waals surface area contributed by atoms with Crippen molar-refractivity contribution in [2.24, 2.45) is 0 Å². The molecule has 2 aromatic rings. The molecule has 0 heterocycles. The van der Waals surface area contributed by atoms with Crippen molar-refractivity contribution in [3.05, 3.63) is 53.8 Å². The van der Waals surface area contributed by atoms with Gasteiger partial charge in [0.05, 0.1) is 26.2 Å². The fourth-order valence-electron chi connectivity index (χ4n) is 3.45. The van der Waals surface area contributed by atoms with E-state index in [2.05, 4.69) is 5.32 Å². The van der Waals surface area contributed by atoms with E-state index >= 15 is 0 Å². The SMILES string of the molecule is CC[C@@H](C)NC(=O)[C@H](C)N(Cc1ccccc1F)C(=O)CN(c1ccc(OC)c(OC)c1)S(C)(=O)=O. The van der Waals surface area contributed by atoms with Crippen molar-refractivity contribution in [3.63, 3.8) is 0 Å². The van der Waals surface area contributed by atoms with Gasteiger partial charge in [-0.25, -0.2) is 12.8 Å². The zero-order valence-electron chi connectivity index (χ0n) is 21.4. The van der Waals surface area contributed by atoms with Crippen LogP contribution >= 0.6 is 0 Å². The summed E-state index contributed by atoms with van der Waals surface area (Å²) in [7, 11) is -1.07. The fraction of sp³-hybridized carbons (Fsp3) is 0.440. The third kappa shape index (κ3) is 7.33. The third-order valence-corrected chi connectivity index (χ3v) is 6.94. The molecule has 0 saturated heterocycles. The van der Waals surface area contributed by atoms with Crippen molar-refractivity contribution < 1.29 is 31.9 Å². The molecule has 1 N–H and O–H groups in total. The molecule has 0 aliphatic rings. The van der Waals surface area contributed by atoms with Gasteiger partial charge in [-0.1, -0.05) is 25.1 Å². The first-order valence-corrected chi connectivity index (χ1v) is 13.3. The van der Waals surface area contributed by atoms with Crippen LogP contribution in [0.25, 0.3) is 0 Å². The Balaban J connectivity index is 2.45. The molecule has 0 aliphatic heterocycles. The van der Waals surface area contributed by atoms with Gasteiger partial charge in [0.25, 0.3) is 0 Å². The van der Waals surface area contributed by atoms with Crippen LogP contribution < -0.4 is 19.1 Å². The lowest BCUT2D eigenvalue weighted by atomic mass is 10.1. The Kier molecular flexibility index (Phi) is 10.1.